The Bertz CT molecular complexity index is 1260. The van der Waals surface area contributed by atoms with Gasteiger partial charge in [-0.2, -0.15) is 0 Å². The third-order valence-corrected chi connectivity index (χ3v) is 6.35. The summed E-state index contributed by atoms with van der Waals surface area (Å²) in [5.41, 5.74) is 3.59. The zero-order chi connectivity index (χ0) is 24.0. The van der Waals surface area contributed by atoms with Gasteiger partial charge < -0.3 is 19.5 Å². The Morgan fingerprint density at radius 1 is 1.17 bits per heavy atom. The summed E-state index contributed by atoms with van der Waals surface area (Å²) in [5, 5.41) is 4.08. The van der Waals surface area contributed by atoms with E-state index in [1.807, 2.05) is 18.3 Å². The lowest BCUT2D eigenvalue weighted by atomic mass is 10.1. The first-order valence-corrected chi connectivity index (χ1v) is 12.0. The van der Waals surface area contributed by atoms with Crippen molar-refractivity contribution in [3.05, 3.63) is 89.5 Å². The minimum absolute atomic E-state index is 0.0704. The number of para-hydroxylation sites is 1. The number of nitrogens with zero attached hydrogens (tertiary/aromatic N) is 2. The molecule has 1 fully saturated rings. The van der Waals surface area contributed by atoms with Gasteiger partial charge in [0.2, 0.25) is 5.89 Å². The highest BCUT2D eigenvalue weighted by atomic mass is 19.1. The van der Waals surface area contributed by atoms with Crippen LogP contribution < -0.4 is 5.32 Å². The van der Waals surface area contributed by atoms with Gasteiger partial charge in [0.25, 0.3) is 5.91 Å². The minimum atomic E-state index is -0.264. The van der Waals surface area contributed by atoms with E-state index in [1.54, 1.807) is 12.1 Å². The molecule has 1 unspecified atom stereocenters. The number of ether oxygens (including phenoxy) is 1. The van der Waals surface area contributed by atoms with E-state index in [1.165, 1.54) is 29.3 Å². The monoisotopic (exact) mass is 476 g/mol. The summed E-state index contributed by atoms with van der Waals surface area (Å²) in [6.45, 7) is 2.99. The van der Waals surface area contributed by atoms with Crippen molar-refractivity contribution in [2.75, 3.05) is 19.7 Å². The summed E-state index contributed by atoms with van der Waals surface area (Å²) < 4.78 is 24.6. The third-order valence-electron chi connectivity index (χ3n) is 6.35. The van der Waals surface area contributed by atoms with Crippen LogP contribution in [0, 0.1) is 5.82 Å². The van der Waals surface area contributed by atoms with Crippen LogP contribution in [0.1, 0.15) is 40.3 Å². The van der Waals surface area contributed by atoms with E-state index < -0.39 is 0 Å². The Hall–Kier alpha value is -3.49. The normalized spacial score (nSPS) is 15.8. The summed E-state index contributed by atoms with van der Waals surface area (Å²) in [6, 6.07) is 14.7. The summed E-state index contributed by atoms with van der Waals surface area (Å²) in [5.74, 6) is -0.0573. The van der Waals surface area contributed by atoms with Gasteiger partial charge in [-0.25, -0.2) is 9.37 Å². The third kappa shape index (κ3) is 5.96. The van der Waals surface area contributed by atoms with Crippen LogP contribution in [-0.4, -0.2) is 46.6 Å². The first kappa shape index (κ1) is 23.3. The Labute approximate surface area is 203 Å². The number of carbonyl (C=O) groups excluding carboxylic acids is 1. The molecule has 0 saturated carbocycles. The van der Waals surface area contributed by atoms with Gasteiger partial charge in [-0.15, -0.1) is 0 Å². The number of rotatable bonds is 10. The van der Waals surface area contributed by atoms with Crippen LogP contribution in [-0.2, 0) is 24.2 Å². The molecular formula is C27H29FN4O3. The lowest BCUT2D eigenvalue weighted by Crippen LogP contribution is -2.32. The fourth-order valence-electron chi connectivity index (χ4n) is 4.46. The number of benzene rings is 2. The number of H-pyrrole nitrogens is 1. The smallest absolute Gasteiger partial charge is 0.273 e. The average molecular weight is 477 g/mol. The Morgan fingerprint density at radius 2 is 2.03 bits per heavy atom. The lowest BCUT2D eigenvalue weighted by Gasteiger charge is -2.21. The predicted molar refractivity (Wildman–Crippen MR) is 130 cm³/mol. The number of aromatic amines is 1. The van der Waals surface area contributed by atoms with Crippen LogP contribution in [0.15, 0.2) is 65.4 Å². The molecule has 1 aliphatic heterocycles. The van der Waals surface area contributed by atoms with E-state index >= 15 is 0 Å². The standard InChI is InChI=1S/C27H29FN4O3/c28-21-9-7-19(8-10-21)16-32(12-11-20-14-29-24-6-2-1-5-23(20)24)17-26-31-25(18-35-26)27(33)30-15-22-4-3-13-34-22/h1-2,5-10,14,18,22,29H,3-4,11-13,15-17H2,(H,30,33). The molecule has 2 N–H and O–H groups in total. The quantitative estimate of drug-likeness (QED) is 0.353. The van der Waals surface area contributed by atoms with E-state index in [0.29, 0.717) is 25.5 Å². The number of nitrogens with one attached hydrogen (secondary N) is 2. The maximum Gasteiger partial charge on any atom is 0.273 e. The number of amides is 1. The maximum atomic E-state index is 13.4. The molecule has 0 radical (unpaired) electrons. The van der Waals surface area contributed by atoms with Crippen LogP contribution in [0.25, 0.3) is 10.9 Å². The number of carbonyl (C=O) groups is 1. The zero-order valence-electron chi connectivity index (χ0n) is 19.5. The van der Waals surface area contributed by atoms with Gasteiger partial charge in [-0.3, -0.25) is 9.69 Å². The maximum absolute atomic E-state index is 13.4. The molecule has 1 saturated heterocycles. The van der Waals surface area contributed by atoms with Crippen LogP contribution >= 0.6 is 0 Å². The fourth-order valence-corrected chi connectivity index (χ4v) is 4.46. The number of hydrogen-bond donors (Lipinski definition) is 2. The second kappa shape index (κ2) is 10.8. The summed E-state index contributed by atoms with van der Waals surface area (Å²) in [4.78, 5) is 22.4. The SMILES string of the molecule is O=C(NCC1CCCO1)c1coc(CN(CCc2c[nH]c3ccccc23)Cc2ccc(F)cc2)n1. The molecule has 2 aromatic heterocycles. The van der Waals surface area contributed by atoms with E-state index in [0.717, 1.165) is 43.5 Å². The van der Waals surface area contributed by atoms with Crippen molar-refractivity contribution in [2.45, 2.75) is 38.5 Å². The number of hydrogen-bond acceptors (Lipinski definition) is 5. The molecule has 0 spiro atoms. The van der Waals surface area contributed by atoms with E-state index in [2.05, 4.69) is 32.3 Å². The minimum Gasteiger partial charge on any atom is -0.447 e. The highest BCUT2D eigenvalue weighted by Gasteiger charge is 2.19. The number of oxazole rings is 1. The molecule has 1 atom stereocenters. The van der Waals surface area contributed by atoms with Crippen molar-refractivity contribution >= 4 is 16.8 Å². The van der Waals surface area contributed by atoms with Crippen molar-refractivity contribution in [2.24, 2.45) is 0 Å². The largest absolute Gasteiger partial charge is 0.447 e. The summed E-state index contributed by atoms with van der Waals surface area (Å²) in [7, 11) is 0. The lowest BCUT2D eigenvalue weighted by molar-refractivity contribution is 0.0853. The highest BCUT2D eigenvalue weighted by Crippen LogP contribution is 2.20. The van der Waals surface area contributed by atoms with Crippen LogP contribution in [0.3, 0.4) is 0 Å². The van der Waals surface area contributed by atoms with Crippen LogP contribution in [0.5, 0.6) is 0 Å². The molecule has 1 aliphatic rings. The second-order valence-corrected chi connectivity index (χ2v) is 8.92. The molecule has 2 aromatic carbocycles. The predicted octanol–water partition coefficient (Wildman–Crippen LogP) is 4.45. The molecule has 35 heavy (non-hydrogen) atoms. The molecule has 5 rings (SSSR count). The Kier molecular flexibility index (Phi) is 7.20. The molecule has 7 nitrogen and oxygen atoms in total. The van der Waals surface area contributed by atoms with Crippen LogP contribution in [0.2, 0.25) is 0 Å². The van der Waals surface area contributed by atoms with Crippen molar-refractivity contribution in [1.82, 2.24) is 20.2 Å². The average Bonchev–Trinajstić information content (AvgIpc) is 3.64. The number of fused-ring (bicyclic) bond motifs is 1. The van der Waals surface area contributed by atoms with Gasteiger partial charge in [0.1, 0.15) is 12.1 Å². The molecule has 3 heterocycles. The Balaban J connectivity index is 1.25. The van der Waals surface area contributed by atoms with Gasteiger partial charge in [0, 0.05) is 43.3 Å². The van der Waals surface area contributed by atoms with Gasteiger partial charge in [-0.05, 0) is 48.6 Å². The summed E-state index contributed by atoms with van der Waals surface area (Å²) in [6.07, 6.45) is 6.32. The molecule has 0 bridgehead atoms. The molecule has 0 aliphatic carbocycles. The fraction of sp³-hybridized carbons (Fsp3) is 0.333. The Morgan fingerprint density at radius 3 is 2.86 bits per heavy atom. The number of halogens is 1. The first-order valence-electron chi connectivity index (χ1n) is 12.0. The van der Waals surface area contributed by atoms with Gasteiger partial charge in [0.05, 0.1) is 12.6 Å². The topological polar surface area (TPSA) is 83.4 Å². The van der Waals surface area contributed by atoms with Gasteiger partial charge in [0.15, 0.2) is 5.69 Å². The first-order chi connectivity index (χ1) is 17.1. The number of aromatic nitrogens is 2. The van der Waals surface area contributed by atoms with Gasteiger partial charge in [-0.1, -0.05) is 30.3 Å². The van der Waals surface area contributed by atoms with Crippen molar-refractivity contribution in [3.8, 4) is 0 Å². The molecule has 182 valence electrons. The van der Waals surface area contributed by atoms with Crippen molar-refractivity contribution in [1.29, 1.82) is 0 Å². The van der Waals surface area contributed by atoms with Crippen molar-refractivity contribution in [3.63, 3.8) is 0 Å². The molecule has 1 amide bonds. The van der Waals surface area contributed by atoms with E-state index in [9.17, 15) is 9.18 Å². The summed E-state index contributed by atoms with van der Waals surface area (Å²) >= 11 is 0. The molecule has 8 heteroatoms. The second-order valence-electron chi connectivity index (χ2n) is 8.92. The van der Waals surface area contributed by atoms with Crippen molar-refractivity contribution < 1.29 is 18.3 Å². The van der Waals surface area contributed by atoms with E-state index in [4.69, 9.17) is 9.15 Å². The highest BCUT2D eigenvalue weighted by molar-refractivity contribution is 5.91. The van der Waals surface area contributed by atoms with E-state index in [-0.39, 0.29) is 23.5 Å². The molecular weight excluding hydrogens is 447 g/mol. The zero-order valence-corrected chi connectivity index (χ0v) is 19.5. The van der Waals surface area contributed by atoms with Gasteiger partial charge >= 0.3 is 0 Å². The van der Waals surface area contributed by atoms with Crippen LogP contribution in [0.4, 0.5) is 4.39 Å². The molecule has 4 aromatic rings.